The Bertz CT molecular complexity index is 948. The third-order valence-corrected chi connectivity index (χ3v) is 7.03. The lowest BCUT2D eigenvalue weighted by Gasteiger charge is -2.33. The van der Waals surface area contributed by atoms with Crippen LogP contribution in [-0.4, -0.2) is 40.8 Å². The molecule has 6 heteroatoms. The van der Waals surface area contributed by atoms with E-state index in [2.05, 4.69) is 26.2 Å². The molecule has 2 fully saturated rings. The monoisotopic (exact) mass is 483 g/mol. The second-order valence-electron chi connectivity index (χ2n) is 8.75. The molecule has 0 radical (unpaired) electrons. The van der Waals surface area contributed by atoms with E-state index in [1.165, 1.54) is 19.3 Å². The molecule has 2 aliphatic rings. The lowest BCUT2D eigenvalue weighted by molar-refractivity contribution is -0.126. The van der Waals surface area contributed by atoms with Crippen molar-refractivity contribution in [2.75, 3.05) is 13.1 Å². The van der Waals surface area contributed by atoms with Crippen molar-refractivity contribution >= 4 is 27.7 Å². The van der Waals surface area contributed by atoms with Crippen LogP contribution in [0.3, 0.4) is 0 Å². The van der Waals surface area contributed by atoms with Gasteiger partial charge in [0.2, 0.25) is 5.91 Å². The standard InChI is InChI=1S/C25H30BrN3O2/c1-17-22(10-11-23(27-17)19-8-5-9-20(26)16-19)25(31)29-14-12-21(13-15-29)28-24(30)18-6-3-2-4-7-18/h5,8-11,16,18,21H,2-4,6-7,12-15H2,1H3,(H,28,30). The van der Waals surface area contributed by atoms with E-state index < -0.39 is 0 Å². The molecule has 2 aromatic rings. The van der Waals surface area contributed by atoms with E-state index in [4.69, 9.17) is 0 Å². The minimum absolute atomic E-state index is 0.0304. The Morgan fingerprint density at radius 1 is 1.03 bits per heavy atom. The third-order valence-electron chi connectivity index (χ3n) is 6.54. The quantitative estimate of drug-likeness (QED) is 0.655. The topological polar surface area (TPSA) is 62.3 Å². The SMILES string of the molecule is Cc1nc(-c2cccc(Br)c2)ccc1C(=O)N1CCC(NC(=O)C2CCCCC2)CC1. The first-order chi connectivity index (χ1) is 15.0. The van der Waals surface area contributed by atoms with Gasteiger partial charge in [-0.2, -0.15) is 0 Å². The van der Waals surface area contributed by atoms with Gasteiger partial charge < -0.3 is 10.2 Å². The molecule has 1 aliphatic heterocycles. The number of pyridine rings is 1. The molecule has 0 spiro atoms. The summed E-state index contributed by atoms with van der Waals surface area (Å²) in [5, 5.41) is 3.24. The van der Waals surface area contributed by atoms with Crippen molar-refractivity contribution in [1.82, 2.24) is 15.2 Å². The predicted molar refractivity (Wildman–Crippen MR) is 126 cm³/mol. The van der Waals surface area contributed by atoms with Gasteiger partial charge in [0.05, 0.1) is 17.0 Å². The maximum Gasteiger partial charge on any atom is 0.255 e. The highest BCUT2D eigenvalue weighted by atomic mass is 79.9. The first kappa shape index (κ1) is 22.0. The summed E-state index contributed by atoms with van der Waals surface area (Å²) in [5.74, 6) is 0.432. The number of carbonyl (C=O) groups is 2. The Balaban J connectivity index is 1.34. The Hall–Kier alpha value is -2.21. The predicted octanol–water partition coefficient (Wildman–Crippen LogP) is 5.12. The molecule has 2 heterocycles. The Labute approximate surface area is 192 Å². The Morgan fingerprint density at radius 2 is 1.77 bits per heavy atom. The van der Waals surface area contributed by atoms with Gasteiger partial charge in [0.1, 0.15) is 0 Å². The fourth-order valence-corrected chi connectivity index (χ4v) is 5.08. The van der Waals surface area contributed by atoms with Gasteiger partial charge >= 0.3 is 0 Å². The van der Waals surface area contributed by atoms with Gasteiger partial charge in [0.15, 0.2) is 0 Å². The summed E-state index contributed by atoms with van der Waals surface area (Å²) < 4.78 is 1.00. The molecular weight excluding hydrogens is 454 g/mol. The largest absolute Gasteiger partial charge is 0.353 e. The zero-order chi connectivity index (χ0) is 21.8. The van der Waals surface area contributed by atoms with Crippen LogP contribution in [-0.2, 0) is 4.79 Å². The lowest BCUT2D eigenvalue weighted by atomic mass is 9.88. The second-order valence-corrected chi connectivity index (χ2v) is 9.67. The minimum atomic E-state index is 0.0304. The van der Waals surface area contributed by atoms with Crippen LogP contribution in [0.2, 0.25) is 0 Å². The number of hydrogen-bond donors (Lipinski definition) is 1. The van der Waals surface area contributed by atoms with Gasteiger partial charge in [-0.1, -0.05) is 47.3 Å². The van der Waals surface area contributed by atoms with Crippen LogP contribution >= 0.6 is 15.9 Å². The van der Waals surface area contributed by atoms with Gasteiger partial charge in [-0.3, -0.25) is 14.6 Å². The number of amides is 2. The van der Waals surface area contributed by atoms with E-state index >= 15 is 0 Å². The first-order valence-corrected chi connectivity index (χ1v) is 12.1. The number of halogens is 1. The number of aryl methyl sites for hydroxylation is 1. The third kappa shape index (κ3) is 5.35. The van der Waals surface area contributed by atoms with E-state index in [9.17, 15) is 9.59 Å². The highest BCUT2D eigenvalue weighted by molar-refractivity contribution is 9.10. The van der Waals surface area contributed by atoms with Gasteiger partial charge in [-0.25, -0.2) is 0 Å². The Kier molecular flexibility index (Phi) is 7.06. The smallest absolute Gasteiger partial charge is 0.255 e. The number of nitrogens with one attached hydrogen (secondary N) is 1. The average Bonchev–Trinajstić information content (AvgIpc) is 2.79. The molecular formula is C25H30BrN3O2. The molecule has 31 heavy (non-hydrogen) atoms. The molecule has 1 N–H and O–H groups in total. The van der Waals surface area contributed by atoms with Crippen molar-refractivity contribution in [1.29, 1.82) is 0 Å². The van der Waals surface area contributed by atoms with Gasteiger partial charge in [-0.05, 0) is 56.9 Å². The van der Waals surface area contributed by atoms with Crippen LogP contribution in [0.5, 0.6) is 0 Å². The van der Waals surface area contributed by atoms with Crippen molar-refractivity contribution in [3.8, 4) is 11.3 Å². The summed E-state index contributed by atoms with van der Waals surface area (Å²) in [7, 11) is 0. The van der Waals surface area contributed by atoms with Crippen molar-refractivity contribution in [3.05, 3.63) is 52.1 Å². The van der Waals surface area contributed by atoms with Crippen molar-refractivity contribution in [2.24, 2.45) is 5.92 Å². The molecule has 0 unspecified atom stereocenters. The van der Waals surface area contributed by atoms with E-state index in [0.29, 0.717) is 18.7 Å². The molecule has 4 rings (SSSR count). The van der Waals surface area contributed by atoms with Crippen molar-refractivity contribution in [3.63, 3.8) is 0 Å². The van der Waals surface area contributed by atoms with E-state index in [1.54, 1.807) is 0 Å². The Morgan fingerprint density at radius 3 is 2.45 bits per heavy atom. The summed E-state index contributed by atoms with van der Waals surface area (Å²) in [5.41, 5.74) is 3.28. The van der Waals surface area contributed by atoms with E-state index in [-0.39, 0.29) is 23.8 Å². The number of carbonyl (C=O) groups excluding carboxylic acids is 2. The number of nitrogens with zero attached hydrogens (tertiary/aromatic N) is 2. The van der Waals surface area contributed by atoms with Crippen LogP contribution in [0.1, 0.15) is 61.0 Å². The number of benzene rings is 1. The molecule has 1 aliphatic carbocycles. The average molecular weight is 484 g/mol. The number of likely N-dealkylation sites (tertiary alicyclic amines) is 1. The number of aromatic nitrogens is 1. The highest BCUT2D eigenvalue weighted by Gasteiger charge is 2.28. The molecule has 0 bridgehead atoms. The van der Waals surface area contributed by atoms with Crippen LogP contribution in [0.15, 0.2) is 40.9 Å². The second kappa shape index (κ2) is 9.94. The van der Waals surface area contributed by atoms with Gasteiger partial charge in [0, 0.05) is 35.1 Å². The maximum absolute atomic E-state index is 13.1. The zero-order valence-electron chi connectivity index (χ0n) is 18.1. The van der Waals surface area contributed by atoms with Crippen molar-refractivity contribution in [2.45, 2.75) is 57.9 Å². The summed E-state index contributed by atoms with van der Waals surface area (Å²) >= 11 is 3.49. The molecule has 1 saturated heterocycles. The van der Waals surface area contributed by atoms with Crippen LogP contribution in [0.4, 0.5) is 0 Å². The molecule has 5 nitrogen and oxygen atoms in total. The lowest BCUT2D eigenvalue weighted by Crippen LogP contribution is -2.48. The highest BCUT2D eigenvalue weighted by Crippen LogP contribution is 2.25. The van der Waals surface area contributed by atoms with Crippen LogP contribution in [0, 0.1) is 12.8 Å². The van der Waals surface area contributed by atoms with E-state index in [1.807, 2.05) is 48.2 Å². The number of piperidine rings is 1. The fraction of sp³-hybridized carbons (Fsp3) is 0.480. The number of rotatable bonds is 4. The summed E-state index contributed by atoms with van der Waals surface area (Å²) in [6.45, 7) is 3.23. The molecule has 164 valence electrons. The summed E-state index contributed by atoms with van der Waals surface area (Å²) in [6, 6.07) is 12.0. The van der Waals surface area contributed by atoms with Crippen molar-refractivity contribution < 1.29 is 9.59 Å². The molecule has 1 aromatic carbocycles. The van der Waals surface area contributed by atoms with E-state index in [0.717, 1.165) is 47.1 Å². The number of hydrogen-bond acceptors (Lipinski definition) is 3. The van der Waals surface area contributed by atoms with Gasteiger partial charge in [0.25, 0.3) is 5.91 Å². The van der Waals surface area contributed by atoms with Crippen LogP contribution in [0.25, 0.3) is 11.3 Å². The molecule has 1 saturated carbocycles. The summed E-state index contributed by atoms with van der Waals surface area (Å²) in [6.07, 6.45) is 7.25. The molecule has 1 aromatic heterocycles. The maximum atomic E-state index is 13.1. The van der Waals surface area contributed by atoms with Crippen LogP contribution < -0.4 is 5.32 Å². The zero-order valence-corrected chi connectivity index (χ0v) is 19.7. The van der Waals surface area contributed by atoms with Gasteiger partial charge in [-0.15, -0.1) is 0 Å². The fourth-order valence-electron chi connectivity index (χ4n) is 4.68. The first-order valence-electron chi connectivity index (χ1n) is 11.3. The summed E-state index contributed by atoms with van der Waals surface area (Å²) in [4.78, 5) is 32.2. The molecule has 2 amide bonds. The minimum Gasteiger partial charge on any atom is -0.353 e. The normalized spacial score (nSPS) is 18.1. The molecule has 0 atom stereocenters.